The minimum Gasteiger partial charge on any atom is -0.461 e. The van der Waals surface area contributed by atoms with Gasteiger partial charge in [0.05, 0.1) is 6.61 Å². The van der Waals surface area contributed by atoms with Gasteiger partial charge in [-0.05, 0) is 23.8 Å². The van der Waals surface area contributed by atoms with Gasteiger partial charge in [-0.1, -0.05) is 0 Å². The van der Waals surface area contributed by atoms with Crippen molar-refractivity contribution in [3.63, 3.8) is 0 Å². The molecule has 0 unspecified atom stereocenters. The van der Waals surface area contributed by atoms with Crippen LogP contribution in [0.1, 0.15) is 30.5 Å². The van der Waals surface area contributed by atoms with Gasteiger partial charge in [0.2, 0.25) is 0 Å². The number of ether oxygens (including phenoxy) is 1. The van der Waals surface area contributed by atoms with Gasteiger partial charge in [0.1, 0.15) is 24.2 Å². The summed E-state index contributed by atoms with van der Waals surface area (Å²) in [5.41, 5.74) is 3.84. The van der Waals surface area contributed by atoms with Crippen LogP contribution in [0.3, 0.4) is 0 Å². The fraction of sp³-hybridized carbons (Fsp3) is 0.500. The van der Waals surface area contributed by atoms with Crippen LogP contribution in [0.25, 0.3) is 0 Å². The van der Waals surface area contributed by atoms with Crippen LogP contribution in [0.4, 0.5) is 0 Å². The maximum atomic E-state index is 9.87. The van der Waals surface area contributed by atoms with Gasteiger partial charge in [0.25, 0.3) is 0 Å². The minimum atomic E-state index is -0.772. The molecule has 0 fully saturated rings. The van der Waals surface area contributed by atoms with E-state index in [2.05, 4.69) is 5.73 Å². The predicted octanol–water partition coefficient (Wildman–Crippen LogP) is 1.31. The molecule has 0 bridgehead atoms. The number of methoxy groups -OCH3 is 1. The zero-order chi connectivity index (χ0) is 14.1. The maximum absolute atomic E-state index is 9.87. The van der Waals surface area contributed by atoms with Crippen LogP contribution in [-0.4, -0.2) is 35.6 Å². The van der Waals surface area contributed by atoms with Gasteiger partial charge >= 0.3 is 0 Å². The van der Waals surface area contributed by atoms with Crippen molar-refractivity contribution in [2.45, 2.75) is 25.6 Å². The lowest BCUT2D eigenvalue weighted by Crippen LogP contribution is -1.96. The third-order valence-corrected chi connectivity index (χ3v) is 2.55. The van der Waals surface area contributed by atoms with Crippen LogP contribution in [0.15, 0.2) is 33.9 Å². The normalized spacial score (nSPS) is 12.0. The van der Waals surface area contributed by atoms with Gasteiger partial charge in [-0.3, -0.25) is 0 Å². The average molecular weight is 268 g/mol. The van der Waals surface area contributed by atoms with Gasteiger partial charge in [-0.2, -0.15) is 0 Å². The zero-order valence-corrected chi connectivity index (χ0v) is 11.0. The fourth-order valence-corrected chi connectivity index (χ4v) is 1.58. The largest absolute Gasteiger partial charge is 0.461 e. The molecule has 0 aliphatic rings. The van der Waals surface area contributed by atoms with E-state index < -0.39 is 6.10 Å². The van der Waals surface area contributed by atoms with Gasteiger partial charge < -0.3 is 24.5 Å². The average Bonchev–Trinajstić information content (AvgIpc) is 2.88. The van der Waals surface area contributed by atoms with E-state index in [0.29, 0.717) is 31.0 Å². The number of hydrogen-bond acceptors (Lipinski definition) is 5. The van der Waals surface area contributed by atoms with Crippen molar-refractivity contribution in [3.8, 4) is 0 Å². The molecular formula is C14H20O5. The lowest BCUT2D eigenvalue weighted by atomic mass is 10.1. The maximum Gasteiger partial charge on any atom is 0.133 e. The number of aliphatic hydroxyl groups is 3. The van der Waals surface area contributed by atoms with Crippen molar-refractivity contribution in [3.05, 3.63) is 41.0 Å². The van der Waals surface area contributed by atoms with Gasteiger partial charge in [-0.25, -0.2) is 0 Å². The molecule has 0 aromatic carbocycles. The SMILES string of the molecule is COCC(=C=CC[C@H](O)c1ccc(CO)o1)CCO. The molecular weight excluding hydrogens is 248 g/mol. The van der Waals surface area contributed by atoms with E-state index in [1.807, 2.05) is 0 Å². The Hall–Kier alpha value is -1.36. The first-order valence-corrected chi connectivity index (χ1v) is 6.11. The summed E-state index contributed by atoms with van der Waals surface area (Å²) in [6.07, 6.45) is 1.76. The van der Waals surface area contributed by atoms with Crippen LogP contribution in [0.2, 0.25) is 0 Å². The lowest BCUT2D eigenvalue weighted by Gasteiger charge is -2.03. The topological polar surface area (TPSA) is 83.1 Å². The van der Waals surface area contributed by atoms with Gasteiger partial charge in [0.15, 0.2) is 0 Å². The standard InChI is InChI=1S/C14H20O5/c1-18-10-11(7-8-15)3-2-4-13(17)14-6-5-12(9-16)19-14/h2,5-6,13,15-17H,4,7-10H2,1H3/t3?,13-/m0/s1. The second-order valence-electron chi connectivity index (χ2n) is 4.07. The van der Waals surface area contributed by atoms with Crippen LogP contribution in [0, 0.1) is 0 Å². The number of hydrogen-bond donors (Lipinski definition) is 3. The van der Waals surface area contributed by atoms with E-state index >= 15 is 0 Å². The molecule has 0 aliphatic heterocycles. The Morgan fingerprint density at radius 2 is 2.26 bits per heavy atom. The molecule has 1 heterocycles. The molecule has 5 nitrogen and oxygen atoms in total. The van der Waals surface area contributed by atoms with Crippen molar-refractivity contribution >= 4 is 0 Å². The molecule has 0 saturated carbocycles. The summed E-state index contributed by atoms with van der Waals surface area (Å²) in [6, 6.07) is 3.26. The van der Waals surface area contributed by atoms with Crippen LogP contribution in [-0.2, 0) is 11.3 Å². The smallest absolute Gasteiger partial charge is 0.133 e. The predicted molar refractivity (Wildman–Crippen MR) is 69.4 cm³/mol. The Kier molecular flexibility index (Phi) is 7.18. The van der Waals surface area contributed by atoms with E-state index in [-0.39, 0.29) is 13.2 Å². The number of aliphatic hydroxyl groups excluding tert-OH is 3. The van der Waals surface area contributed by atoms with Crippen molar-refractivity contribution < 1.29 is 24.5 Å². The van der Waals surface area contributed by atoms with E-state index in [9.17, 15) is 5.11 Å². The Balaban J connectivity index is 2.60. The van der Waals surface area contributed by atoms with Crippen molar-refractivity contribution in [1.82, 2.24) is 0 Å². The number of rotatable bonds is 8. The molecule has 0 radical (unpaired) electrons. The van der Waals surface area contributed by atoms with E-state index in [0.717, 1.165) is 5.57 Å². The van der Waals surface area contributed by atoms with Crippen LogP contribution < -0.4 is 0 Å². The first-order chi connectivity index (χ1) is 9.21. The fourth-order valence-electron chi connectivity index (χ4n) is 1.58. The molecule has 1 aromatic heterocycles. The Morgan fingerprint density at radius 3 is 2.84 bits per heavy atom. The molecule has 5 heteroatoms. The van der Waals surface area contributed by atoms with Crippen molar-refractivity contribution in [2.24, 2.45) is 0 Å². The second-order valence-corrected chi connectivity index (χ2v) is 4.07. The first-order valence-electron chi connectivity index (χ1n) is 6.11. The highest BCUT2D eigenvalue weighted by Crippen LogP contribution is 2.19. The Morgan fingerprint density at radius 1 is 1.47 bits per heavy atom. The molecule has 19 heavy (non-hydrogen) atoms. The highest BCUT2D eigenvalue weighted by Gasteiger charge is 2.10. The summed E-state index contributed by atoms with van der Waals surface area (Å²) in [4.78, 5) is 0. The summed E-state index contributed by atoms with van der Waals surface area (Å²) in [7, 11) is 1.58. The number of furan rings is 1. The van der Waals surface area contributed by atoms with Crippen LogP contribution in [0.5, 0.6) is 0 Å². The monoisotopic (exact) mass is 268 g/mol. The minimum absolute atomic E-state index is 0.0418. The molecule has 1 rings (SSSR count). The van der Waals surface area contributed by atoms with Gasteiger partial charge in [0, 0.05) is 26.6 Å². The highest BCUT2D eigenvalue weighted by molar-refractivity contribution is 5.10. The van der Waals surface area contributed by atoms with Crippen molar-refractivity contribution in [2.75, 3.05) is 20.3 Å². The molecule has 0 spiro atoms. The van der Waals surface area contributed by atoms with Gasteiger partial charge in [-0.15, -0.1) is 5.73 Å². The summed E-state index contributed by atoms with van der Waals surface area (Å²) in [6.45, 7) is 0.264. The molecule has 0 saturated heterocycles. The molecule has 0 aliphatic carbocycles. The van der Waals surface area contributed by atoms with Crippen molar-refractivity contribution in [1.29, 1.82) is 0 Å². The molecule has 106 valence electrons. The first kappa shape index (κ1) is 15.7. The highest BCUT2D eigenvalue weighted by atomic mass is 16.5. The molecule has 3 N–H and O–H groups in total. The Labute approximate surface area is 112 Å². The second kappa shape index (κ2) is 8.69. The summed E-state index contributed by atoms with van der Waals surface area (Å²) < 4.78 is 10.2. The molecule has 0 amide bonds. The summed E-state index contributed by atoms with van der Waals surface area (Å²) >= 11 is 0. The molecule has 1 atom stereocenters. The zero-order valence-electron chi connectivity index (χ0n) is 11.0. The summed E-state index contributed by atoms with van der Waals surface area (Å²) in [5, 5.41) is 27.6. The summed E-state index contributed by atoms with van der Waals surface area (Å²) in [5.74, 6) is 0.839. The van der Waals surface area contributed by atoms with E-state index in [4.69, 9.17) is 19.4 Å². The lowest BCUT2D eigenvalue weighted by molar-refractivity contribution is 0.145. The quantitative estimate of drug-likeness (QED) is 0.619. The third kappa shape index (κ3) is 5.42. The van der Waals surface area contributed by atoms with Crippen LogP contribution >= 0.6 is 0 Å². The molecule has 1 aromatic rings. The third-order valence-electron chi connectivity index (χ3n) is 2.55. The van der Waals surface area contributed by atoms with E-state index in [1.165, 1.54) is 0 Å². The van der Waals surface area contributed by atoms with E-state index in [1.54, 1.807) is 25.3 Å². The Bertz CT molecular complexity index is 421.